The first-order chi connectivity index (χ1) is 12.9. The van der Waals surface area contributed by atoms with Crippen LogP contribution in [0.25, 0.3) is 5.70 Å². The third-order valence-electron chi connectivity index (χ3n) is 5.87. The van der Waals surface area contributed by atoms with Crippen LogP contribution in [0.15, 0.2) is 66.8 Å². The van der Waals surface area contributed by atoms with E-state index in [0.717, 1.165) is 42.6 Å². The predicted octanol–water partition coefficient (Wildman–Crippen LogP) is 4.90. The van der Waals surface area contributed by atoms with Crippen molar-refractivity contribution >= 4 is 11.4 Å². The van der Waals surface area contributed by atoms with Gasteiger partial charge in [0, 0.05) is 0 Å². The number of allylic oxidation sites excluding steroid dienone is 1. The molecule has 2 N–H and O–H groups in total. The van der Waals surface area contributed by atoms with Gasteiger partial charge in [0.15, 0.2) is 0 Å². The van der Waals surface area contributed by atoms with Gasteiger partial charge in [0.1, 0.15) is 0 Å². The maximum atomic E-state index is 11.3. The normalized spacial score (nSPS) is 22.0. The summed E-state index contributed by atoms with van der Waals surface area (Å²) in [5.41, 5.74) is 9.90. The van der Waals surface area contributed by atoms with Crippen molar-refractivity contribution in [2.24, 2.45) is 0 Å². The van der Waals surface area contributed by atoms with Gasteiger partial charge in [0.05, 0.1) is 23.0 Å². The first-order valence-corrected chi connectivity index (χ1v) is 9.75. The van der Waals surface area contributed by atoms with Gasteiger partial charge >= 0.3 is 0 Å². The number of nitrogens with one attached hydrogen (secondary N) is 1. The lowest BCUT2D eigenvalue weighted by molar-refractivity contribution is -0.00559. The summed E-state index contributed by atoms with van der Waals surface area (Å²) < 4.78 is 0. The van der Waals surface area contributed by atoms with Crippen molar-refractivity contribution in [3.63, 3.8) is 0 Å². The molecular formula is C24H28N2O. The number of hydrogen-bond acceptors (Lipinski definition) is 3. The highest BCUT2D eigenvalue weighted by Gasteiger charge is 2.42. The van der Waals surface area contributed by atoms with Crippen molar-refractivity contribution in [1.29, 1.82) is 0 Å². The Morgan fingerprint density at radius 2 is 1.52 bits per heavy atom. The van der Waals surface area contributed by atoms with Crippen LogP contribution in [-0.4, -0.2) is 16.7 Å². The summed E-state index contributed by atoms with van der Waals surface area (Å²) in [6.45, 7) is 8.29. The van der Waals surface area contributed by atoms with Crippen LogP contribution in [0.1, 0.15) is 42.4 Å². The van der Waals surface area contributed by atoms with Crippen LogP contribution in [0, 0.1) is 13.8 Å². The predicted molar refractivity (Wildman–Crippen MR) is 112 cm³/mol. The summed E-state index contributed by atoms with van der Waals surface area (Å²) in [5.74, 6) is 0. The topological polar surface area (TPSA) is 35.5 Å². The summed E-state index contributed by atoms with van der Waals surface area (Å²) >= 11 is 0. The average Bonchev–Trinajstić information content (AvgIpc) is 3.12. The molecule has 2 aliphatic rings. The SMILES string of the molecule is C=C1CCC(O)(C2C=C(c3ccc(C)cc3)N(c3ccc(C)cc3)N2)CC1. The molecule has 1 heterocycles. The quantitative estimate of drug-likeness (QED) is 0.764. The fraction of sp³-hybridized carbons (Fsp3) is 0.333. The summed E-state index contributed by atoms with van der Waals surface area (Å²) in [4.78, 5) is 0. The van der Waals surface area contributed by atoms with E-state index in [9.17, 15) is 5.11 Å². The molecule has 1 aliphatic heterocycles. The number of hydrogen-bond donors (Lipinski definition) is 2. The van der Waals surface area contributed by atoms with E-state index in [0.29, 0.717) is 0 Å². The summed E-state index contributed by atoms with van der Waals surface area (Å²) in [6.07, 6.45) is 5.49. The Hall–Kier alpha value is -2.36. The van der Waals surface area contributed by atoms with Crippen LogP contribution in [0.4, 0.5) is 5.69 Å². The van der Waals surface area contributed by atoms with E-state index in [2.05, 4.69) is 85.5 Å². The van der Waals surface area contributed by atoms with Crippen LogP contribution in [-0.2, 0) is 0 Å². The van der Waals surface area contributed by atoms with Crippen LogP contribution in [0.3, 0.4) is 0 Å². The fourth-order valence-corrected chi connectivity index (χ4v) is 3.96. The van der Waals surface area contributed by atoms with Crippen LogP contribution >= 0.6 is 0 Å². The minimum atomic E-state index is -0.739. The number of aliphatic hydroxyl groups is 1. The number of aryl methyl sites for hydroxylation is 2. The van der Waals surface area contributed by atoms with Gasteiger partial charge in [-0.2, -0.15) is 0 Å². The van der Waals surface area contributed by atoms with E-state index in [4.69, 9.17) is 0 Å². The molecule has 3 heteroatoms. The second kappa shape index (κ2) is 6.99. The molecule has 1 unspecified atom stereocenters. The highest BCUT2D eigenvalue weighted by molar-refractivity contribution is 5.81. The van der Waals surface area contributed by atoms with E-state index in [1.807, 2.05) is 0 Å². The Labute approximate surface area is 162 Å². The fourth-order valence-electron chi connectivity index (χ4n) is 3.96. The van der Waals surface area contributed by atoms with Crippen LogP contribution < -0.4 is 10.4 Å². The molecule has 0 amide bonds. The van der Waals surface area contributed by atoms with Gasteiger partial charge in [-0.05, 0) is 63.3 Å². The number of nitrogens with zero attached hydrogens (tertiary/aromatic N) is 1. The number of benzene rings is 2. The second-order valence-electron chi connectivity index (χ2n) is 8.05. The molecule has 0 bridgehead atoms. The molecule has 0 aromatic heterocycles. The van der Waals surface area contributed by atoms with E-state index in [1.54, 1.807) is 0 Å². The first kappa shape index (κ1) is 18.0. The number of anilines is 1. The summed E-state index contributed by atoms with van der Waals surface area (Å²) in [5, 5.41) is 13.5. The minimum Gasteiger partial charge on any atom is -0.388 e. The van der Waals surface area contributed by atoms with Crippen molar-refractivity contribution in [3.05, 3.63) is 83.4 Å². The Kier molecular flexibility index (Phi) is 4.67. The van der Waals surface area contributed by atoms with Crippen LogP contribution in [0.5, 0.6) is 0 Å². The van der Waals surface area contributed by atoms with E-state index in [1.165, 1.54) is 16.7 Å². The molecule has 1 atom stereocenters. The largest absolute Gasteiger partial charge is 0.388 e. The Bertz CT molecular complexity index is 854. The van der Waals surface area contributed by atoms with Crippen LogP contribution in [0.2, 0.25) is 0 Å². The zero-order valence-corrected chi connectivity index (χ0v) is 16.2. The van der Waals surface area contributed by atoms with Gasteiger partial charge in [-0.1, -0.05) is 59.7 Å². The van der Waals surface area contributed by atoms with E-state index in [-0.39, 0.29) is 6.04 Å². The molecule has 1 aliphatic carbocycles. The zero-order valence-electron chi connectivity index (χ0n) is 16.2. The lowest BCUT2D eigenvalue weighted by atomic mass is 9.78. The van der Waals surface area contributed by atoms with Gasteiger partial charge in [-0.15, -0.1) is 0 Å². The molecule has 0 saturated heterocycles. The lowest BCUT2D eigenvalue weighted by Crippen LogP contribution is -2.52. The number of hydrazine groups is 1. The van der Waals surface area contributed by atoms with Gasteiger partial charge < -0.3 is 5.11 Å². The molecule has 2 aromatic carbocycles. The molecule has 3 nitrogen and oxygen atoms in total. The molecular weight excluding hydrogens is 332 g/mol. The molecule has 0 radical (unpaired) electrons. The molecule has 140 valence electrons. The standard InChI is InChI=1S/C24H28N2O/c1-17-4-8-20(9-5-17)22-16-23(24(27)14-12-19(3)13-15-24)25-26(22)21-10-6-18(2)7-11-21/h4-11,16,23,25,27H,3,12-15H2,1-2H3. The third kappa shape index (κ3) is 3.58. The van der Waals surface area contributed by atoms with Crippen molar-refractivity contribution in [2.45, 2.75) is 51.2 Å². The van der Waals surface area contributed by atoms with Crippen molar-refractivity contribution in [3.8, 4) is 0 Å². The monoisotopic (exact) mass is 360 g/mol. The third-order valence-corrected chi connectivity index (χ3v) is 5.87. The zero-order chi connectivity index (χ0) is 19.0. The van der Waals surface area contributed by atoms with E-state index < -0.39 is 5.60 Å². The number of rotatable bonds is 3. The molecule has 0 spiro atoms. The molecule has 27 heavy (non-hydrogen) atoms. The van der Waals surface area contributed by atoms with Crippen molar-refractivity contribution < 1.29 is 5.11 Å². The maximum absolute atomic E-state index is 11.3. The molecule has 4 rings (SSSR count). The second-order valence-corrected chi connectivity index (χ2v) is 8.05. The average molecular weight is 361 g/mol. The van der Waals surface area contributed by atoms with Crippen molar-refractivity contribution in [2.75, 3.05) is 5.01 Å². The van der Waals surface area contributed by atoms with Gasteiger partial charge in [0.2, 0.25) is 0 Å². The van der Waals surface area contributed by atoms with Gasteiger partial charge in [-0.3, -0.25) is 5.01 Å². The molecule has 2 aromatic rings. The first-order valence-electron chi connectivity index (χ1n) is 9.75. The Morgan fingerprint density at radius 3 is 2.11 bits per heavy atom. The maximum Gasteiger partial charge on any atom is 0.0860 e. The molecule has 1 fully saturated rings. The smallest absolute Gasteiger partial charge is 0.0860 e. The highest BCUT2D eigenvalue weighted by atomic mass is 16.3. The van der Waals surface area contributed by atoms with Gasteiger partial charge in [-0.25, -0.2) is 5.43 Å². The molecule has 1 saturated carbocycles. The van der Waals surface area contributed by atoms with Crippen molar-refractivity contribution in [1.82, 2.24) is 5.43 Å². The Morgan fingerprint density at radius 1 is 0.963 bits per heavy atom. The Balaban J connectivity index is 1.70. The minimum absolute atomic E-state index is 0.108. The summed E-state index contributed by atoms with van der Waals surface area (Å²) in [6, 6.07) is 17.0. The van der Waals surface area contributed by atoms with Gasteiger partial charge in [0.25, 0.3) is 0 Å². The lowest BCUT2D eigenvalue weighted by Gasteiger charge is -2.38. The highest BCUT2D eigenvalue weighted by Crippen LogP contribution is 2.39. The van der Waals surface area contributed by atoms with E-state index >= 15 is 0 Å². The summed E-state index contributed by atoms with van der Waals surface area (Å²) in [7, 11) is 0.